The first-order valence-electron chi connectivity index (χ1n) is 11.6. The molecule has 4 heterocycles. The highest BCUT2D eigenvalue weighted by Gasteiger charge is 2.44. The number of piperidine rings is 2. The van der Waals surface area contributed by atoms with Crippen molar-refractivity contribution in [2.24, 2.45) is 5.41 Å². The number of hydrogen-bond donors (Lipinski definition) is 0. The van der Waals surface area contributed by atoms with Crippen molar-refractivity contribution in [1.29, 1.82) is 0 Å². The van der Waals surface area contributed by atoms with Crippen molar-refractivity contribution in [3.63, 3.8) is 0 Å². The summed E-state index contributed by atoms with van der Waals surface area (Å²) in [5.74, 6) is 1.15. The Morgan fingerprint density at radius 1 is 1.13 bits per heavy atom. The maximum Gasteiger partial charge on any atom is 0.254 e. The molecule has 0 atom stereocenters. The number of aromatic nitrogens is 1. The molecule has 1 aromatic heterocycles. The summed E-state index contributed by atoms with van der Waals surface area (Å²) in [6.45, 7) is 5.03. The van der Waals surface area contributed by atoms with Gasteiger partial charge in [-0.25, -0.2) is 4.98 Å². The van der Waals surface area contributed by atoms with E-state index in [9.17, 15) is 9.59 Å². The van der Waals surface area contributed by atoms with Gasteiger partial charge in [0.15, 0.2) is 0 Å². The highest BCUT2D eigenvalue weighted by molar-refractivity contribution is 5.95. The molecular formula is C24H34N4O3. The predicted octanol–water partition coefficient (Wildman–Crippen LogP) is 2.73. The van der Waals surface area contributed by atoms with Crippen LogP contribution in [0, 0.1) is 5.41 Å². The zero-order chi connectivity index (χ0) is 21.7. The van der Waals surface area contributed by atoms with Crippen LogP contribution in [0.3, 0.4) is 0 Å². The van der Waals surface area contributed by atoms with E-state index < -0.39 is 5.41 Å². The Balaban J connectivity index is 1.42. The molecule has 2 amide bonds. The van der Waals surface area contributed by atoms with Gasteiger partial charge in [-0.3, -0.25) is 9.59 Å². The molecule has 0 N–H and O–H groups in total. The lowest BCUT2D eigenvalue weighted by molar-refractivity contribution is -0.144. The van der Waals surface area contributed by atoms with Crippen LogP contribution >= 0.6 is 0 Å². The summed E-state index contributed by atoms with van der Waals surface area (Å²) in [5.41, 5.74) is 0.301. The Morgan fingerprint density at radius 3 is 2.65 bits per heavy atom. The number of hydrogen-bond acceptors (Lipinski definition) is 5. The van der Waals surface area contributed by atoms with Crippen molar-refractivity contribution in [3.8, 4) is 0 Å². The number of anilines is 1. The van der Waals surface area contributed by atoms with Gasteiger partial charge < -0.3 is 19.4 Å². The minimum atomic E-state index is -0.394. The average molecular weight is 427 g/mol. The van der Waals surface area contributed by atoms with Crippen LogP contribution < -0.4 is 4.90 Å². The number of ether oxygens (including phenoxy) is 1. The van der Waals surface area contributed by atoms with E-state index in [4.69, 9.17) is 4.74 Å². The molecule has 0 unspecified atom stereocenters. The topological polar surface area (TPSA) is 66.0 Å². The van der Waals surface area contributed by atoms with Crippen LogP contribution in [0.15, 0.2) is 30.5 Å². The van der Waals surface area contributed by atoms with Gasteiger partial charge in [0.05, 0.1) is 12.0 Å². The quantitative estimate of drug-likeness (QED) is 0.678. The highest BCUT2D eigenvalue weighted by atomic mass is 16.5. The number of amides is 2. The van der Waals surface area contributed by atoms with Gasteiger partial charge >= 0.3 is 0 Å². The average Bonchev–Trinajstić information content (AvgIpc) is 2.97. The Hall–Kier alpha value is -2.41. The van der Waals surface area contributed by atoms with Crippen molar-refractivity contribution in [2.75, 3.05) is 57.9 Å². The lowest BCUT2D eigenvalue weighted by atomic mass is 9.74. The third-order valence-electron chi connectivity index (χ3n) is 6.99. The maximum absolute atomic E-state index is 13.3. The van der Waals surface area contributed by atoms with Crippen LogP contribution in [0.25, 0.3) is 0 Å². The summed E-state index contributed by atoms with van der Waals surface area (Å²) in [7, 11) is 1.66. The third kappa shape index (κ3) is 4.76. The van der Waals surface area contributed by atoms with Gasteiger partial charge in [-0.2, -0.15) is 0 Å². The first kappa shape index (κ1) is 21.8. The fraction of sp³-hybridized carbons (Fsp3) is 0.625. The van der Waals surface area contributed by atoms with E-state index in [1.165, 1.54) is 19.3 Å². The molecule has 168 valence electrons. The van der Waals surface area contributed by atoms with Gasteiger partial charge in [0, 0.05) is 58.1 Å². The Labute approximate surface area is 185 Å². The molecule has 0 bridgehead atoms. The summed E-state index contributed by atoms with van der Waals surface area (Å²) < 4.78 is 5.18. The minimum Gasteiger partial charge on any atom is -0.383 e. The SMILES string of the molecule is COCCN1CC=CCC2(CCN(C(=O)c3ccnc(N4CCCCC4)c3)CC2)C1=O. The van der Waals surface area contributed by atoms with Gasteiger partial charge in [-0.05, 0) is 50.7 Å². The summed E-state index contributed by atoms with van der Waals surface area (Å²) >= 11 is 0. The first-order chi connectivity index (χ1) is 15.1. The van der Waals surface area contributed by atoms with E-state index in [1.807, 2.05) is 21.9 Å². The summed E-state index contributed by atoms with van der Waals surface area (Å²) in [4.78, 5) is 37.1. The Bertz CT molecular complexity index is 811. The third-order valence-corrected chi connectivity index (χ3v) is 6.99. The second-order valence-corrected chi connectivity index (χ2v) is 8.94. The largest absolute Gasteiger partial charge is 0.383 e. The highest BCUT2D eigenvalue weighted by Crippen LogP contribution is 2.39. The van der Waals surface area contributed by atoms with Crippen molar-refractivity contribution in [1.82, 2.24) is 14.8 Å². The summed E-state index contributed by atoms with van der Waals surface area (Å²) in [6.07, 6.45) is 11.7. The molecule has 0 radical (unpaired) electrons. The normalized spacial score (nSPS) is 21.5. The molecule has 0 saturated carbocycles. The Morgan fingerprint density at radius 2 is 1.90 bits per heavy atom. The van der Waals surface area contributed by atoms with Crippen molar-refractivity contribution in [3.05, 3.63) is 36.0 Å². The predicted molar refractivity (Wildman–Crippen MR) is 120 cm³/mol. The van der Waals surface area contributed by atoms with Gasteiger partial charge in [0.1, 0.15) is 5.82 Å². The fourth-order valence-corrected chi connectivity index (χ4v) is 5.00. The molecule has 2 saturated heterocycles. The molecule has 0 aliphatic carbocycles. The molecule has 4 rings (SSSR count). The number of methoxy groups -OCH3 is 1. The first-order valence-corrected chi connectivity index (χ1v) is 11.6. The molecular weight excluding hydrogens is 392 g/mol. The molecule has 7 nitrogen and oxygen atoms in total. The number of carbonyl (C=O) groups is 2. The van der Waals surface area contributed by atoms with E-state index >= 15 is 0 Å². The molecule has 31 heavy (non-hydrogen) atoms. The molecule has 2 fully saturated rings. The van der Waals surface area contributed by atoms with Gasteiger partial charge in [0.2, 0.25) is 5.91 Å². The molecule has 3 aliphatic heterocycles. The molecule has 7 heteroatoms. The minimum absolute atomic E-state index is 0.0448. The van der Waals surface area contributed by atoms with Crippen LogP contribution in [0.4, 0.5) is 5.82 Å². The number of rotatable bonds is 5. The lowest BCUT2D eigenvalue weighted by Crippen LogP contribution is -2.51. The second kappa shape index (κ2) is 9.81. The van der Waals surface area contributed by atoms with Crippen molar-refractivity contribution >= 4 is 17.6 Å². The van der Waals surface area contributed by atoms with Gasteiger partial charge in [0.25, 0.3) is 5.91 Å². The van der Waals surface area contributed by atoms with E-state index in [-0.39, 0.29) is 11.8 Å². The van der Waals surface area contributed by atoms with Gasteiger partial charge in [-0.1, -0.05) is 12.2 Å². The van der Waals surface area contributed by atoms with Gasteiger partial charge in [-0.15, -0.1) is 0 Å². The monoisotopic (exact) mass is 426 g/mol. The molecule has 1 spiro atoms. The van der Waals surface area contributed by atoms with E-state index in [0.29, 0.717) is 51.2 Å². The zero-order valence-electron chi connectivity index (χ0n) is 18.6. The summed E-state index contributed by atoms with van der Waals surface area (Å²) in [6, 6.07) is 3.75. The fourth-order valence-electron chi connectivity index (χ4n) is 5.00. The van der Waals surface area contributed by atoms with Crippen molar-refractivity contribution in [2.45, 2.75) is 38.5 Å². The number of allylic oxidation sites excluding steroid dienone is 1. The molecule has 3 aliphatic rings. The number of nitrogens with zero attached hydrogens (tertiary/aromatic N) is 4. The van der Waals surface area contributed by atoms with Crippen LogP contribution in [-0.4, -0.2) is 79.6 Å². The molecule has 0 aromatic carbocycles. The van der Waals surface area contributed by atoms with Crippen LogP contribution in [0.2, 0.25) is 0 Å². The number of carbonyl (C=O) groups excluding carboxylic acids is 2. The van der Waals surface area contributed by atoms with Crippen LogP contribution in [0.5, 0.6) is 0 Å². The van der Waals surface area contributed by atoms with Crippen LogP contribution in [0.1, 0.15) is 48.9 Å². The maximum atomic E-state index is 13.3. The standard InChI is InChI=1S/C24H34N4O3/c1-31-18-17-28-14-6-3-8-24(23(28)30)9-15-27(16-10-24)22(29)20-7-11-25-21(19-20)26-12-4-2-5-13-26/h3,6-7,11,19H,2,4-5,8-10,12-18H2,1H3. The summed E-state index contributed by atoms with van der Waals surface area (Å²) in [5, 5.41) is 0. The van der Waals surface area contributed by atoms with Crippen molar-refractivity contribution < 1.29 is 14.3 Å². The number of likely N-dealkylation sites (tertiary alicyclic amines) is 1. The van der Waals surface area contributed by atoms with Crippen LogP contribution in [-0.2, 0) is 9.53 Å². The zero-order valence-corrected chi connectivity index (χ0v) is 18.6. The second-order valence-electron chi connectivity index (χ2n) is 8.94. The molecule has 1 aromatic rings. The van der Waals surface area contributed by atoms with E-state index in [1.54, 1.807) is 13.3 Å². The Kier molecular flexibility index (Phi) is 6.90. The lowest BCUT2D eigenvalue weighted by Gasteiger charge is -2.42. The van der Waals surface area contributed by atoms with E-state index in [0.717, 1.165) is 25.3 Å². The number of pyridine rings is 1. The van der Waals surface area contributed by atoms with E-state index in [2.05, 4.69) is 22.0 Å². The smallest absolute Gasteiger partial charge is 0.254 e.